The Hall–Kier alpha value is -1.89. The maximum atomic E-state index is 11.6. The molecule has 7 nitrogen and oxygen atoms in total. The Kier molecular flexibility index (Phi) is 4.39. The molecule has 1 aromatic rings. The number of carbonyl (C=O) groups is 1. The second kappa shape index (κ2) is 6.04. The highest BCUT2D eigenvalue weighted by Gasteiger charge is 2.17. The zero-order chi connectivity index (χ0) is 14.6. The molecule has 1 aliphatic rings. The number of nitrogens with one attached hydrogen (secondary N) is 1. The number of rotatable bonds is 2. The number of ether oxygens (including phenoxy) is 2. The van der Waals surface area contributed by atoms with Crippen molar-refractivity contribution in [1.82, 2.24) is 9.97 Å². The van der Waals surface area contributed by atoms with E-state index >= 15 is 0 Å². The van der Waals surface area contributed by atoms with Gasteiger partial charge in [-0.2, -0.15) is 0 Å². The Labute approximate surface area is 118 Å². The maximum Gasteiger partial charge on any atom is 0.413 e. The first kappa shape index (κ1) is 14.5. The van der Waals surface area contributed by atoms with Crippen LogP contribution in [0, 0.1) is 0 Å². The number of hydrogen-bond donors (Lipinski definition) is 1. The molecule has 1 saturated heterocycles. The zero-order valence-electron chi connectivity index (χ0n) is 12.0. The first-order valence-electron chi connectivity index (χ1n) is 6.59. The number of morpholine rings is 1. The van der Waals surface area contributed by atoms with Crippen molar-refractivity contribution in [3.05, 3.63) is 12.4 Å². The van der Waals surface area contributed by atoms with E-state index in [0.717, 1.165) is 18.9 Å². The monoisotopic (exact) mass is 280 g/mol. The summed E-state index contributed by atoms with van der Waals surface area (Å²) in [6.07, 6.45) is 2.62. The predicted molar refractivity (Wildman–Crippen MR) is 74.9 cm³/mol. The molecule has 2 heterocycles. The second-order valence-electron chi connectivity index (χ2n) is 5.49. The van der Waals surface area contributed by atoms with Gasteiger partial charge in [0.05, 0.1) is 25.6 Å². The van der Waals surface area contributed by atoms with Crippen LogP contribution in [0.4, 0.5) is 16.4 Å². The number of hydrogen-bond acceptors (Lipinski definition) is 6. The summed E-state index contributed by atoms with van der Waals surface area (Å²) in [5.41, 5.74) is -0.536. The van der Waals surface area contributed by atoms with Gasteiger partial charge in [-0.05, 0) is 20.8 Å². The van der Waals surface area contributed by atoms with E-state index in [-0.39, 0.29) is 0 Å². The molecule has 0 spiro atoms. The molecule has 110 valence electrons. The fourth-order valence-corrected chi connectivity index (χ4v) is 1.75. The number of carbonyl (C=O) groups excluding carboxylic acids is 1. The van der Waals surface area contributed by atoms with Crippen molar-refractivity contribution in [2.45, 2.75) is 26.4 Å². The van der Waals surface area contributed by atoms with Crippen molar-refractivity contribution >= 4 is 17.7 Å². The van der Waals surface area contributed by atoms with E-state index in [2.05, 4.69) is 20.2 Å². The molecule has 1 fully saturated rings. The van der Waals surface area contributed by atoms with Gasteiger partial charge < -0.3 is 14.4 Å². The summed E-state index contributed by atoms with van der Waals surface area (Å²) in [4.78, 5) is 22.1. The number of amides is 1. The average molecular weight is 280 g/mol. The van der Waals surface area contributed by atoms with Crippen molar-refractivity contribution in [3.63, 3.8) is 0 Å². The highest BCUT2D eigenvalue weighted by molar-refractivity contribution is 5.83. The summed E-state index contributed by atoms with van der Waals surface area (Å²) in [5, 5.41) is 2.55. The molecule has 0 radical (unpaired) electrons. The normalized spacial score (nSPS) is 15.8. The van der Waals surface area contributed by atoms with Crippen LogP contribution in [0.15, 0.2) is 12.4 Å². The van der Waals surface area contributed by atoms with Crippen LogP contribution < -0.4 is 10.2 Å². The predicted octanol–water partition coefficient (Wildman–Crippen LogP) is 1.66. The number of nitrogens with zero attached hydrogens (tertiary/aromatic N) is 3. The molecule has 0 atom stereocenters. The van der Waals surface area contributed by atoms with Crippen molar-refractivity contribution in [2.24, 2.45) is 0 Å². The molecule has 1 aromatic heterocycles. The van der Waals surface area contributed by atoms with E-state index in [1.165, 1.54) is 6.20 Å². The standard InChI is InChI=1S/C13H20N4O3/c1-13(2,3)20-12(18)16-10-8-15-11(9-14-10)17-4-6-19-7-5-17/h8-9H,4-7H2,1-3H3,(H,14,16,18). The van der Waals surface area contributed by atoms with Crippen LogP contribution in [-0.2, 0) is 9.47 Å². The van der Waals surface area contributed by atoms with Crippen LogP contribution in [0.2, 0.25) is 0 Å². The van der Waals surface area contributed by atoms with Gasteiger partial charge in [0.15, 0.2) is 5.82 Å². The third-order valence-electron chi connectivity index (χ3n) is 2.60. The van der Waals surface area contributed by atoms with E-state index in [9.17, 15) is 4.79 Å². The molecule has 0 saturated carbocycles. The minimum Gasteiger partial charge on any atom is -0.444 e. The zero-order valence-corrected chi connectivity index (χ0v) is 12.0. The SMILES string of the molecule is CC(C)(C)OC(=O)Nc1cnc(N2CCOCC2)cn1. The summed E-state index contributed by atoms with van der Waals surface area (Å²) < 4.78 is 10.4. The molecule has 0 aromatic carbocycles. The molecule has 2 rings (SSSR count). The van der Waals surface area contributed by atoms with E-state index in [0.29, 0.717) is 19.0 Å². The van der Waals surface area contributed by atoms with Gasteiger partial charge in [0.1, 0.15) is 11.4 Å². The minimum atomic E-state index is -0.536. The molecule has 7 heteroatoms. The van der Waals surface area contributed by atoms with Gasteiger partial charge in [0, 0.05) is 13.1 Å². The van der Waals surface area contributed by atoms with Crippen LogP contribution in [0.5, 0.6) is 0 Å². The fourth-order valence-electron chi connectivity index (χ4n) is 1.75. The number of aromatic nitrogens is 2. The van der Waals surface area contributed by atoms with E-state index in [4.69, 9.17) is 9.47 Å². The van der Waals surface area contributed by atoms with Crippen LogP contribution in [0.3, 0.4) is 0 Å². The lowest BCUT2D eigenvalue weighted by Gasteiger charge is -2.27. The van der Waals surface area contributed by atoms with E-state index < -0.39 is 11.7 Å². The Morgan fingerprint density at radius 3 is 2.55 bits per heavy atom. The third-order valence-corrected chi connectivity index (χ3v) is 2.60. The highest BCUT2D eigenvalue weighted by atomic mass is 16.6. The van der Waals surface area contributed by atoms with Crippen molar-refractivity contribution < 1.29 is 14.3 Å². The topological polar surface area (TPSA) is 76.6 Å². The van der Waals surface area contributed by atoms with Gasteiger partial charge in [-0.25, -0.2) is 14.8 Å². The van der Waals surface area contributed by atoms with Gasteiger partial charge >= 0.3 is 6.09 Å². The van der Waals surface area contributed by atoms with Crippen LogP contribution in [0.25, 0.3) is 0 Å². The molecule has 1 amide bonds. The minimum absolute atomic E-state index is 0.372. The van der Waals surface area contributed by atoms with E-state index in [1.54, 1.807) is 27.0 Å². The smallest absolute Gasteiger partial charge is 0.413 e. The molecular formula is C13H20N4O3. The first-order chi connectivity index (χ1) is 9.44. The summed E-state index contributed by atoms with van der Waals surface area (Å²) in [6.45, 7) is 8.40. The summed E-state index contributed by atoms with van der Waals surface area (Å²) >= 11 is 0. The van der Waals surface area contributed by atoms with Gasteiger partial charge in [-0.1, -0.05) is 0 Å². The Morgan fingerprint density at radius 1 is 1.30 bits per heavy atom. The number of anilines is 2. The Bertz CT molecular complexity index is 450. The van der Waals surface area contributed by atoms with Crippen LogP contribution in [0.1, 0.15) is 20.8 Å². The lowest BCUT2D eigenvalue weighted by Crippen LogP contribution is -2.36. The van der Waals surface area contributed by atoms with Gasteiger partial charge in [-0.3, -0.25) is 5.32 Å². The lowest BCUT2D eigenvalue weighted by molar-refractivity contribution is 0.0635. The maximum absolute atomic E-state index is 11.6. The largest absolute Gasteiger partial charge is 0.444 e. The van der Waals surface area contributed by atoms with Gasteiger partial charge in [0.25, 0.3) is 0 Å². The first-order valence-corrected chi connectivity index (χ1v) is 6.59. The molecular weight excluding hydrogens is 260 g/mol. The van der Waals surface area contributed by atoms with Crippen LogP contribution >= 0.6 is 0 Å². The average Bonchev–Trinajstić information content (AvgIpc) is 2.38. The third kappa shape index (κ3) is 4.34. The summed E-state index contributed by atoms with van der Waals surface area (Å²) in [5.74, 6) is 1.15. The molecule has 0 aliphatic carbocycles. The van der Waals surface area contributed by atoms with Crippen molar-refractivity contribution in [1.29, 1.82) is 0 Å². The second-order valence-corrected chi connectivity index (χ2v) is 5.49. The summed E-state index contributed by atoms with van der Waals surface area (Å²) in [7, 11) is 0. The molecule has 1 aliphatic heterocycles. The van der Waals surface area contributed by atoms with Crippen LogP contribution in [-0.4, -0.2) is 48.0 Å². The Morgan fingerprint density at radius 2 is 2.00 bits per heavy atom. The van der Waals surface area contributed by atoms with Crippen molar-refractivity contribution in [3.8, 4) is 0 Å². The molecule has 20 heavy (non-hydrogen) atoms. The van der Waals surface area contributed by atoms with Gasteiger partial charge in [0.2, 0.25) is 0 Å². The lowest BCUT2D eigenvalue weighted by atomic mass is 10.2. The highest BCUT2D eigenvalue weighted by Crippen LogP contribution is 2.14. The fraction of sp³-hybridized carbons (Fsp3) is 0.615. The Balaban J connectivity index is 1.92. The molecule has 0 bridgehead atoms. The van der Waals surface area contributed by atoms with Gasteiger partial charge in [-0.15, -0.1) is 0 Å². The molecule has 0 unspecified atom stereocenters. The van der Waals surface area contributed by atoms with Crippen molar-refractivity contribution in [2.75, 3.05) is 36.5 Å². The molecule has 1 N–H and O–H groups in total. The quantitative estimate of drug-likeness (QED) is 0.888. The van der Waals surface area contributed by atoms with E-state index in [1.807, 2.05) is 0 Å². The summed E-state index contributed by atoms with van der Waals surface area (Å²) in [6, 6.07) is 0.